The molecule has 0 aliphatic carbocycles. The molecule has 0 saturated heterocycles. The van der Waals surface area contributed by atoms with Crippen molar-refractivity contribution in [3.05, 3.63) is 39.9 Å². The fraction of sp³-hybridized carbons (Fsp3) is 0.400. The largest absolute Gasteiger partial charge is 0.327 e. The van der Waals surface area contributed by atoms with E-state index in [2.05, 4.69) is 0 Å². The fourth-order valence-electron chi connectivity index (χ4n) is 1.08. The summed E-state index contributed by atoms with van der Waals surface area (Å²) < 4.78 is 0. The molecule has 2 N–H and O–H groups in total. The second kappa shape index (κ2) is 5.72. The number of nitro benzene ring substituents is 1. The smallest absolute Gasteiger partial charge is 0.269 e. The summed E-state index contributed by atoms with van der Waals surface area (Å²) in [6, 6.07) is 6.82. The molecular weight excluding hydrogens is 212 g/mol. The van der Waals surface area contributed by atoms with E-state index >= 15 is 0 Å². The first-order valence-corrected chi connectivity index (χ1v) is 5.81. The second-order valence-corrected chi connectivity index (χ2v) is 4.45. The lowest BCUT2D eigenvalue weighted by molar-refractivity contribution is -0.384. The highest BCUT2D eigenvalue weighted by Gasteiger charge is 2.03. The molecule has 1 rings (SSSR count). The Morgan fingerprint density at radius 1 is 1.47 bits per heavy atom. The highest BCUT2D eigenvalue weighted by molar-refractivity contribution is 7.98. The Kier molecular flexibility index (Phi) is 4.58. The van der Waals surface area contributed by atoms with Crippen LogP contribution in [0.3, 0.4) is 0 Å². The fourth-order valence-corrected chi connectivity index (χ4v) is 1.99. The van der Waals surface area contributed by atoms with Crippen LogP contribution in [-0.2, 0) is 5.75 Å². The summed E-state index contributed by atoms with van der Waals surface area (Å²) in [5.41, 5.74) is 6.83. The molecule has 0 saturated carbocycles. The zero-order valence-electron chi connectivity index (χ0n) is 8.55. The predicted octanol–water partition coefficient (Wildman–Crippen LogP) is 2.18. The van der Waals surface area contributed by atoms with Crippen LogP contribution < -0.4 is 5.73 Å². The summed E-state index contributed by atoms with van der Waals surface area (Å²) in [6.45, 7) is 1.96. The van der Waals surface area contributed by atoms with Gasteiger partial charge in [-0.05, 0) is 12.5 Å². The zero-order valence-corrected chi connectivity index (χ0v) is 9.37. The molecular formula is C10H14N2O2S. The van der Waals surface area contributed by atoms with Crippen LogP contribution in [0.1, 0.15) is 12.5 Å². The highest BCUT2D eigenvalue weighted by Crippen LogP contribution is 2.16. The standard InChI is InChI=1S/C10H14N2O2S/c1-8(11)6-15-7-9-2-4-10(5-3-9)12(13)14/h2-5,8H,6-7,11H2,1H3. The Hall–Kier alpha value is -1.07. The van der Waals surface area contributed by atoms with Crippen molar-refractivity contribution in [2.24, 2.45) is 5.73 Å². The van der Waals surface area contributed by atoms with E-state index in [1.807, 2.05) is 6.92 Å². The predicted molar refractivity (Wildman–Crippen MR) is 62.9 cm³/mol. The van der Waals surface area contributed by atoms with E-state index in [1.165, 1.54) is 12.1 Å². The molecule has 0 aromatic heterocycles. The third-order valence-corrected chi connectivity index (χ3v) is 3.10. The first kappa shape index (κ1) is 12.0. The zero-order chi connectivity index (χ0) is 11.3. The van der Waals surface area contributed by atoms with Gasteiger partial charge in [-0.25, -0.2) is 0 Å². The van der Waals surface area contributed by atoms with E-state index in [-0.39, 0.29) is 11.7 Å². The molecule has 5 heteroatoms. The van der Waals surface area contributed by atoms with Crippen molar-refractivity contribution in [2.45, 2.75) is 18.7 Å². The average molecular weight is 226 g/mol. The van der Waals surface area contributed by atoms with Gasteiger partial charge in [0.2, 0.25) is 0 Å². The lowest BCUT2D eigenvalue weighted by atomic mass is 10.2. The van der Waals surface area contributed by atoms with Gasteiger partial charge in [-0.3, -0.25) is 10.1 Å². The number of non-ortho nitro benzene ring substituents is 1. The maximum Gasteiger partial charge on any atom is 0.269 e. The number of benzene rings is 1. The first-order valence-electron chi connectivity index (χ1n) is 4.66. The minimum absolute atomic E-state index is 0.135. The van der Waals surface area contributed by atoms with Gasteiger partial charge in [0.15, 0.2) is 0 Å². The molecule has 1 aromatic rings. The monoisotopic (exact) mass is 226 g/mol. The quantitative estimate of drug-likeness (QED) is 0.617. The maximum absolute atomic E-state index is 10.4. The summed E-state index contributed by atoms with van der Waals surface area (Å²) in [6.07, 6.45) is 0. The van der Waals surface area contributed by atoms with Gasteiger partial charge in [0.1, 0.15) is 0 Å². The Balaban J connectivity index is 2.46. The third-order valence-electron chi connectivity index (χ3n) is 1.80. The number of nitrogens with zero attached hydrogens (tertiary/aromatic N) is 1. The normalized spacial score (nSPS) is 12.4. The molecule has 82 valence electrons. The van der Waals surface area contributed by atoms with Crippen LogP contribution in [0.25, 0.3) is 0 Å². The minimum atomic E-state index is -0.390. The van der Waals surface area contributed by atoms with E-state index in [0.29, 0.717) is 0 Å². The SMILES string of the molecule is CC(N)CSCc1ccc([N+](=O)[O-])cc1. The molecule has 4 nitrogen and oxygen atoms in total. The number of nitro groups is 1. The van der Waals surface area contributed by atoms with Gasteiger partial charge in [0.25, 0.3) is 5.69 Å². The summed E-state index contributed by atoms with van der Waals surface area (Å²) in [4.78, 5) is 10.0. The highest BCUT2D eigenvalue weighted by atomic mass is 32.2. The van der Waals surface area contributed by atoms with Crippen molar-refractivity contribution < 1.29 is 4.92 Å². The summed E-state index contributed by atoms with van der Waals surface area (Å²) in [5, 5.41) is 10.4. The van der Waals surface area contributed by atoms with Crippen molar-refractivity contribution in [1.29, 1.82) is 0 Å². The van der Waals surface area contributed by atoms with E-state index in [1.54, 1.807) is 23.9 Å². The van der Waals surface area contributed by atoms with Gasteiger partial charge in [0, 0.05) is 29.7 Å². The van der Waals surface area contributed by atoms with Gasteiger partial charge in [-0.1, -0.05) is 12.1 Å². The van der Waals surface area contributed by atoms with Gasteiger partial charge in [-0.2, -0.15) is 11.8 Å². The van der Waals surface area contributed by atoms with Crippen molar-refractivity contribution in [2.75, 3.05) is 5.75 Å². The Labute approximate surface area is 93.0 Å². The first-order chi connectivity index (χ1) is 7.09. The van der Waals surface area contributed by atoms with Crippen molar-refractivity contribution in [3.63, 3.8) is 0 Å². The molecule has 0 spiro atoms. The van der Waals surface area contributed by atoms with Crippen LogP contribution in [0.4, 0.5) is 5.69 Å². The van der Waals surface area contributed by atoms with Crippen LogP contribution in [-0.4, -0.2) is 16.7 Å². The van der Waals surface area contributed by atoms with E-state index in [9.17, 15) is 10.1 Å². The van der Waals surface area contributed by atoms with Crippen LogP contribution in [0, 0.1) is 10.1 Å². The number of hydrogen-bond donors (Lipinski definition) is 1. The second-order valence-electron chi connectivity index (χ2n) is 3.42. The number of hydrogen-bond acceptors (Lipinski definition) is 4. The van der Waals surface area contributed by atoms with Crippen LogP contribution >= 0.6 is 11.8 Å². The van der Waals surface area contributed by atoms with Crippen molar-refractivity contribution in [1.82, 2.24) is 0 Å². The molecule has 0 heterocycles. The van der Waals surface area contributed by atoms with Gasteiger partial charge in [0.05, 0.1) is 4.92 Å². The lowest BCUT2D eigenvalue weighted by Gasteiger charge is -2.04. The Morgan fingerprint density at radius 3 is 2.53 bits per heavy atom. The van der Waals surface area contributed by atoms with E-state index in [4.69, 9.17) is 5.73 Å². The molecule has 0 bridgehead atoms. The van der Waals surface area contributed by atoms with E-state index < -0.39 is 4.92 Å². The molecule has 1 aromatic carbocycles. The average Bonchev–Trinajstić information content (AvgIpc) is 2.18. The topological polar surface area (TPSA) is 69.2 Å². The minimum Gasteiger partial charge on any atom is -0.327 e. The lowest BCUT2D eigenvalue weighted by Crippen LogP contribution is -2.17. The molecule has 1 atom stereocenters. The summed E-state index contributed by atoms with van der Waals surface area (Å²) in [5.74, 6) is 1.75. The maximum atomic E-state index is 10.4. The van der Waals surface area contributed by atoms with Crippen LogP contribution in [0.2, 0.25) is 0 Å². The number of nitrogens with two attached hydrogens (primary N) is 1. The molecule has 0 aliphatic heterocycles. The third kappa shape index (κ3) is 4.31. The molecule has 0 aliphatic rings. The van der Waals surface area contributed by atoms with Gasteiger partial charge >= 0.3 is 0 Å². The van der Waals surface area contributed by atoms with Crippen molar-refractivity contribution >= 4 is 17.4 Å². The van der Waals surface area contributed by atoms with Gasteiger partial charge in [-0.15, -0.1) is 0 Å². The van der Waals surface area contributed by atoms with Crippen LogP contribution in [0.15, 0.2) is 24.3 Å². The molecule has 0 amide bonds. The Morgan fingerprint density at radius 2 is 2.07 bits per heavy atom. The number of thioether (sulfide) groups is 1. The summed E-state index contributed by atoms with van der Waals surface area (Å²) in [7, 11) is 0. The van der Waals surface area contributed by atoms with E-state index in [0.717, 1.165) is 17.1 Å². The molecule has 0 radical (unpaired) electrons. The summed E-state index contributed by atoms with van der Waals surface area (Å²) >= 11 is 1.73. The number of rotatable bonds is 5. The molecule has 1 unspecified atom stereocenters. The molecule has 0 fully saturated rings. The van der Waals surface area contributed by atoms with Gasteiger partial charge < -0.3 is 5.73 Å². The molecule has 15 heavy (non-hydrogen) atoms. The van der Waals surface area contributed by atoms with Crippen LogP contribution in [0.5, 0.6) is 0 Å². The Bertz CT molecular complexity index is 325. The van der Waals surface area contributed by atoms with Crippen molar-refractivity contribution in [3.8, 4) is 0 Å².